The number of aromatic nitrogens is 6. The molecule has 10 heteroatoms. The summed E-state index contributed by atoms with van der Waals surface area (Å²) >= 11 is 0. The van der Waals surface area contributed by atoms with Crippen molar-refractivity contribution in [3.8, 4) is 16.8 Å². The number of nitrogens with zero attached hydrogens (tertiary/aromatic N) is 5. The minimum Gasteiger partial charge on any atom is -0.347 e. The number of aromatic amines is 1. The molecule has 2 aromatic carbocycles. The van der Waals surface area contributed by atoms with E-state index in [0.717, 1.165) is 18.7 Å². The highest BCUT2D eigenvalue weighted by Crippen LogP contribution is 2.33. The van der Waals surface area contributed by atoms with Crippen LogP contribution in [0.3, 0.4) is 0 Å². The number of amides is 1. The van der Waals surface area contributed by atoms with E-state index >= 15 is 0 Å². The minimum atomic E-state index is -0.435. The molecule has 2 N–H and O–H groups in total. The van der Waals surface area contributed by atoms with Gasteiger partial charge in [0.2, 0.25) is 0 Å². The molecule has 1 amide bonds. The molecule has 1 aliphatic rings. The summed E-state index contributed by atoms with van der Waals surface area (Å²) in [7, 11) is 0. The number of benzene rings is 2. The second-order valence-corrected chi connectivity index (χ2v) is 9.21. The summed E-state index contributed by atoms with van der Waals surface area (Å²) in [6.07, 6.45) is 9.15. The summed E-state index contributed by atoms with van der Waals surface area (Å²) in [6.45, 7) is 0.102. The number of hydrogen-bond donors (Lipinski definition) is 2. The maximum absolute atomic E-state index is 14.5. The highest BCUT2D eigenvalue weighted by Gasteiger charge is 2.23. The Hall–Kier alpha value is -4.47. The van der Waals surface area contributed by atoms with Crippen molar-refractivity contribution in [2.75, 3.05) is 0 Å². The first kappa shape index (κ1) is 23.0. The van der Waals surface area contributed by atoms with Gasteiger partial charge in [-0.3, -0.25) is 4.79 Å². The maximum atomic E-state index is 14.5. The third-order valence-electron chi connectivity index (χ3n) is 6.68. The van der Waals surface area contributed by atoms with Crippen LogP contribution in [0.4, 0.5) is 8.78 Å². The summed E-state index contributed by atoms with van der Waals surface area (Å²) in [6, 6.07) is 10.5. The van der Waals surface area contributed by atoms with Gasteiger partial charge < -0.3 is 10.3 Å². The van der Waals surface area contributed by atoms with Crippen LogP contribution in [0.25, 0.3) is 28.0 Å². The molecular weight excluding hydrogens is 476 g/mol. The van der Waals surface area contributed by atoms with Crippen LogP contribution in [0.5, 0.6) is 0 Å². The van der Waals surface area contributed by atoms with Crippen molar-refractivity contribution < 1.29 is 13.6 Å². The molecule has 1 saturated carbocycles. The first-order chi connectivity index (χ1) is 18.0. The van der Waals surface area contributed by atoms with E-state index in [1.165, 1.54) is 43.4 Å². The topological polar surface area (TPSA) is 101 Å². The Morgan fingerprint density at radius 1 is 1.03 bits per heavy atom. The highest BCUT2D eigenvalue weighted by atomic mass is 19.1. The predicted molar refractivity (Wildman–Crippen MR) is 133 cm³/mol. The Kier molecular flexibility index (Phi) is 5.91. The van der Waals surface area contributed by atoms with Crippen LogP contribution in [-0.4, -0.2) is 35.6 Å². The Bertz CT molecular complexity index is 1590. The van der Waals surface area contributed by atoms with Crippen molar-refractivity contribution in [3.05, 3.63) is 89.9 Å². The van der Waals surface area contributed by atoms with Crippen LogP contribution in [0, 0.1) is 11.6 Å². The lowest BCUT2D eigenvalue weighted by molar-refractivity contribution is 0.0947. The molecule has 0 radical (unpaired) electrons. The van der Waals surface area contributed by atoms with E-state index in [2.05, 4.69) is 30.4 Å². The Labute approximate surface area is 210 Å². The highest BCUT2D eigenvalue weighted by molar-refractivity contribution is 6.02. The van der Waals surface area contributed by atoms with Gasteiger partial charge in [-0.1, -0.05) is 12.8 Å². The zero-order valence-corrected chi connectivity index (χ0v) is 19.8. The van der Waals surface area contributed by atoms with Gasteiger partial charge >= 0.3 is 0 Å². The molecule has 0 aliphatic heterocycles. The number of carbonyl (C=O) groups is 1. The molecule has 0 atom stereocenters. The van der Waals surface area contributed by atoms with Gasteiger partial charge in [0.25, 0.3) is 5.91 Å². The standard InChI is InChI=1S/C27H23F2N7O/c28-20-5-7-22(8-6-20)36-14-19(13-33-36)18-9-16(10-21(29)11-18)12-30-27(37)24-23-26(32-15-31-24)35-25(34-23)17-3-1-2-4-17/h5-11,13-15,17H,1-4,12H2,(H,30,37)(H,31,32,34,35). The Balaban J connectivity index is 1.20. The van der Waals surface area contributed by atoms with Crippen molar-refractivity contribution >= 4 is 17.1 Å². The number of hydrogen-bond acceptors (Lipinski definition) is 5. The van der Waals surface area contributed by atoms with E-state index in [1.54, 1.807) is 35.3 Å². The number of nitrogens with one attached hydrogen (secondary N) is 2. The number of carbonyl (C=O) groups excluding carboxylic acids is 1. The molecule has 0 spiro atoms. The van der Waals surface area contributed by atoms with Gasteiger partial charge in [-0.2, -0.15) is 5.10 Å². The fourth-order valence-electron chi connectivity index (χ4n) is 4.80. The third-order valence-corrected chi connectivity index (χ3v) is 6.68. The van der Waals surface area contributed by atoms with Gasteiger partial charge in [0, 0.05) is 24.2 Å². The fraction of sp³-hybridized carbons (Fsp3) is 0.222. The molecule has 0 bridgehead atoms. The first-order valence-electron chi connectivity index (χ1n) is 12.1. The summed E-state index contributed by atoms with van der Waals surface area (Å²) in [5, 5.41) is 7.13. The summed E-state index contributed by atoms with van der Waals surface area (Å²) in [4.78, 5) is 29.2. The lowest BCUT2D eigenvalue weighted by atomic mass is 10.1. The normalized spacial score (nSPS) is 13.9. The van der Waals surface area contributed by atoms with Crippen LogP contribution >= 0.6 is 0 Å². The Morgan fingerprint density at radius 2 is 1.84 bits per heavy atom. The maximum Gasteiger partial charge on any atom is 0.272 e. The average Bonchev–Trinajstić information content (AvgIpc) is 3.67. The lowest BCUT2D eigenvalue weighted by Crippen LogP contribution is -2.24. The van der Waals surface area contributed by atoms with E-state index in [9.17, 15) is 13.6 Å². The molecular formula is C27H23F2N7O. The van der Waals surface area contributed by atoms with E-state index in [-0.39, 0.29) is 18.1 Å². The van der Waals surface area contributed by atoms with E-state index in [4.69, 9.17) is 0 Å². The van der Waals surface area contributed by atoms with Crippen LogP contribution in [-0.2, 0) is 6.54 Å². The van der Waals surface area contributed by atoms with Crippen molar-refractivity contribution in [1.82, 2.24) is 35.0 Å². The van der Waals surface area contributed by atoms with Gasteiger partial charge in [-0.25, -0.2) is 28.4 Å². The van der Waals surface area contributed by atoms with E-state index in [0.29, 0.717) is 39.5 Å². The summed E-state index contributed by atoms with van der Waals surface area (Å²) in [5.74, 6) is 0.0260. The van der Waals surface area contributed by atoms with Gasteiger partial charge in [-0.05, 0) is 66.4 Å². The van der Waals surface area contributed by atoms with Gasteiger partial charge in [0.05, 0.1) is 11.9 Å². The van der Waals surface area contributed by atoms with Crippen molar-refractivity contribution in [2.45, 2.75) is 38.1 Å². The van der Waals surface area contributed by atoms with E-state index in [1.807, 2.05) is 0 Å². The number of rotatable bonds is 6. The number of imidazole rings is 1. The zero-order valence-electron chi connectivity index (χ0n) is 19.8. The van der Waals surface area contributed by atoms with Gasteiger partial charge in [0.1, 0.15) is 29.3 Å². The minimum absolute atomic E-state index is 0.102. The summed E-state index contributed by atoms with van der Waals surface area (Å²) < 4.78 is 29.3. The smallest absolute Gasteiger partial charge is 0.272 e. The molecule has 3 heterocycles. The van der Waals surface area contributed by atoms with Crippen molar-refractivity contribution in [1.29, 1.82) is 0 Å². The fourth-order valence-corrected chi connectivity index (χ4v) is 4.80. The molecule has 5 aromatic rings. The molecule has 1 fully saturated rings. The second kappa shape index (κ2) is 9.53. The molecule has 8 nitrogen and oxygen atoms in total. The SMILES string of the molecule is O=C(NCc1cc(F)cc(-c2cnn(-c3ccc(F)cc3)c2)c1)c1ncnc2nc(C3CCCC3)[nH]c12. The molecule has 1 aliphatic carbocycles. The third kappa shape index (κ3) is 4.69. The average molecular weight is 500 g/mol. The van der Waals surface area contributed by atoms with E-state index < -0.39 is 11.7 Å². The monoisotopic (exact) mass is 499 g/mol. The van der Waals surface area contributed by atoms with Crippen LogP contribution in [0.2, 0.25) is 0 Å². The van der Waals surface area contributed by atoms with Gasteiger partial charge in [0.15, 0.2) is 11.3 Å². The lowest BCUT2D eigenvalue weighted by Gasteiger charge is -2.08. The molecule has 0 unspecified atom stereocenters. The molecule has 6 rings (SSSR count). The molecule has 0 saturated heterocycles. The second-order valence-electron chi connectivity index (χ2n) is 9.21. The molecule has 3 aromatic heterocycles. The number of H-pyrrole nitrogens is 1. The quantitative estimate of drug-likeness (QED) is 0.340. The largest absolute Gasteiger partial charge is 0.347 e. The summed E-state index contributed by atoms with van der Waals surface area (Å²) in [5.41, 5.74) is 3.74. The van der Waals surface area contributed by atoms with Crippen LogP contribution < -0.4 is 5.32 Å². The predicted octanol–water partition coefficient (Wildman–Crippen LogP) is 5.07. The molecule has 37 heavy (non-hydrogen) atoms. The van der Waals surface area contributed by atoms with Crippen LogP contribution in [0.1, 0.15) is 53.5 Å². The van der Waals surface area contributed by atoms with Gasteiger partial charge in [-0.15, -0.1) is 0 Å². The number of fused-ring (bicyclic) bond motifs is 1. The van der Waals surface area contributed by atoms with Crippen molar-refractivity contribution in [2.24, 2.45) is 0 Å². The Morgan fingerprint density at radius 3 is 2.65 bits per heavy atom. The van der Waals surface area contributed by atoms with Crippen LogP contribution in [0.15, 0.2) is 61.2 Å². The van der Waals surface area contributed by atoms with Crippen molar-refractivity contribution in [3.63, 3.8) is 0 Å². The number of halogens is 2. The zero-order chi connectivity index (χ0) is 25.4. The first-order valence-corrected chi connectivity index (χ1v) is 12.1. The molecule has 186 valence electrons.